The zero-order chi connectivity index (χ0) is 24.1. The summed E-state index contributed by atoms with van der Waals surface area (Å²) in [5.74, 6) is 0.506. The summed E-state index contributed by atoms with van der Waals surface area (Å²) in [6, 6.07) is 10.6. The molecule has 4 aromatic rings. The third kappa shape index (κ3) is 3.78. The number of ether oxygens (including phenoxy) is 1. The Labute approximate surface area is 211 Å². The van der Waals surface area contributed by atoms with E-state index in [4.69, 9.17) is 15.6 Å². The summed E-state index contributed by atoms with van der Waals surface area (Å²) in [6.45, 7) is 3.83. The molecule has 36 heavy (non-hydrogen) atoms. The summed E-state index contributed by atoms with van der Waals surface area (Å²) >= 11 is 0. The number of morpholine rings is 1. The summed E-state index contributed by atoms with van der Waals surface area (Å²) in [4.78, 5) is 11.6. The summed E-state index contributed by atoms with van der Waals surface area (Å²) in [7, 11) is 0. The first-order valence-electron chi connectivity index (χ1n) is 13.7. The molecule has 2 N–H and O–H groups in total. The molecule has 0 spiro atoms. The van der Waals surface area contributed by atoms with Gasteiger partial charge in [0, 0.05) is 47.8 Å². The molecule has 188 valence electrons. The minimum absolute atomic E-state index is 0.333. The van der Waals surface area contributed by atoms with Gasteiger partial charge in [-0.15, -0.1) is 0 Å². The van der Waals surface area contributed by atoms with Crippen molar-refractivity contribution in [3.63, 3.8) is 0 Å². The Morgan fingerprint density at radius 2 is 1.64 bits per heavy atom. The van der Waals surface area contributed by atoms with Crippen LogP contribution in [0.4, 0.5) is 5.82 Å². The van der Waals surface area contributed by atoms with Crippen LogP contribution in [0.3, 0.4) is 0 Å². The van der Waals surface area contributed by atoms with E-state index in [1.807, 2.05) is 0 Å². The lowest BCUT2D eigenvalue weighted by Crippen LogP contribution is -2.45. The Kier molecular flexibility index (Phi) is 5.66. The quantitative estimate of drug-likeness (QED) is 0.440. The van der Waals surface area contributed by atoms with Crippen LogP contribution in [0.2, 0.25) is 0 Å². The Morgan fingerprint density at radius 3 is 2.44 bits per heavy atom. The highest BCUT2D eigenvalue weighted by Gasteiger charge is 2.30. The summed E-state index contributed by atoms with van der Waals surface area (Å²) < 4.78 is 10.2. The maximum atomic E-state index is 6.43. The van der Waals surface area contributed by atoms with Crippen molar-refractivity contribution < 1.29 is 4.74 Å². The van der Waals surface area contributed by atoms with E-state index >= 15 is 0 Å². The lowest BCUT2D eigenvalue weighted by Gasteiger charge is -2.38. The standard InChI is InChI=1S/C28H35N7O/c29-27-25-26(20-5-10-24-19(17-20)11-12-34(24)22-3-1-2-4-22)32-35(28(25)31-18-30-27)23-8-6-21(7-9-23)33-13-15-36-16-14-33/h5,10-12,17-18,21-23H,1-4,6-9,13-16H2,(H2,29,30,31)/t21-,23-. The van der Waals surface area contributed by atoms with Gasteiger partial charge in [-0.3, -0.25) is 4.90 Å². The van der Waals surface area contributed by atoms with Gasteiger partial charge in [-0.1, -0.05) is 18.9 Å². The van der Waals surface area contributed by atoms with Crippen LogP contribution in [0.25, 0.3) is 33.2 Å². The average molecular weight is 486 g/mol. The van der Waals surface area contributed by atoms with Crippen molar-refractivity contribution in [3.8, 4) is 11.3 Å². The van der Waals surface area contributed by atoms with Crippen molar-refractivity contribution in [2.24, 2.45) is 0 Å². The summed E-state index contributed by atoms with van der Waals surface area (Å²) in [5.41, 5.74) is 10.6. The molecule has 3 aliphatic rings. The number of hydrogen-bond donors (Lipinski definition) is 1. The maximum absolute atomic E-state index is 6.43. The Bertz CT molecular complexity index is 1370. The van der Waals surface area contributed by atoms with E-state index in [-0.39, 0.29) is 0 Å². The minimum atomic E-state index is 0.333. The monoisotopic (exact) mass is 485 g/mol. The molecule has 7 rings (SSSR count). The highest BCUT2D eigenvalue weighted by Crippen LogP contribution is 2.39. The predicted octanol–water partition coefficient (Wildman–Crippen LogP) is 4.96. The second-order valence-electron chi connectivity index (χ2n) is 10.8. The molecule has 1 aromatic carbocycles. The van der Waals surface area contributed by atoms with Crippen LogP contribution >= 0.6 is 0 Å². The number of nitrogens with zero attached hydrogens (tertiary/aromatic N) is 6. The van der Waals surface area contributed by atoms with E-state index in [1.54, 1.807) is 6.33 Å². The smallest absolute Gasteiger partial charge is 0.164 e. The van der Waals surface area contributed by atoms with Crippen LogP contribution in [0.15, 0.2) is 36.8 Å². The Balaban J connectivity index is 1.21. The van der Waals surface area contributed by atoms with Gasteiger partial charge in [0.25, 0.3) is 0 Å². The molecule has 8 nitrogen and oxygen atoms in total. The first-order valence-corrected chi connectivity index (χ1v) is 13.7. The molecule has 8 heteroatoms. The number of fused-ring (bicyclic) bond motifs is 2. The SMILES string of the molecule is Nc1ncnc2c1c(-c1ccc3c(ccn3C3CCCC3)c1)nn2[C@H]1CC[C@H](N2CCOCC2)CC1. The first-order chi connectivity index (χ1) is 17.8. The van der Waals surface area contributed by atoms with Crippen molar-refractivity contribution in [1.82, 2.24) is 29.2 Å². The summed E-state index contributed by atoms with van der Waals surface area (Å²) in [5, 5.41) is 7.30. The van der Waals surface area contributed by atoms with Crippen LogP contribution < -0.4 is 5.73 Å². The zero-order valence-electron chi connectivity index (χ0n) is 20.9. The lowest BCUT2D eigenvalue weighted by molar-refractivity contribution is 0.00520. The third-order valence-electron chi connectivity index (χ3n) is 8.80. The van der Waals surface area contributed by atoms with E-state index in [0.717, 1.165) is 61.4 Å². The van der Waals surface area contributed by atoms with Crippen molar-refractivity contribution >= 4 is 27.8 Å². The van der Waals surface area contributed by atoms with Crippen molar-refractivity contribution in [1.29, 1.82) is 0 Å². The average Bonchev–Trinajstić information content (AvgIpc) is 3.68. The van der Waals surface area contributed by atoms with Crippen LogP contribution in [-0.4, -0.2) is 61.6 Å². The number of aromatic nitrogens is 5. The van der Waals surface area contributed by atoms with Gasteiger partial charge in [-0.25, -0.2) is 14.6 Å². The van der Waals surface area contributed by atoms with Gasteiger partial charge in [0.2, 0.25) is 0 Å². The number of hydrogen-bond acceptors (Lipinski definition) is 6. The largest absolute Gasteiger partial charge is 0.383 e. The molecule has 0 radical (unpaired) electrons. The maximum Gasteiger partial charge on any atom is 0.164 e. The molecular formula is C28H35N7O. The summed E-state index contributed by atoms with van der Waals surface area (Å²) in [6.07, 6.45) is 13.6. The zero-order valence-corrected chi connectivity index (χ0v) is 20.9. The van der Waals surface area contributed by atoms with Gasteiger partial charge >= 0.3 is 0 Å². The van der Waals surface area contributed by atoms with E-state index in [0.29, 0.717) is 23.9 Å². The van der Waals surface area contributed by atoms with Crippen LogP contribution in [0.5, 0.6) is 0 Å². The second-order valence-corrected chi connectivity index (χ2v) is 10.8. The fourth-order valence-corrected chi connectivity index (χ4v) is 6.87. The van der Waals surface area contributed by atoms with E-state index in [1.165, 1.54) is 49.4 Å². The van der Waals surface area contributed by atoms with Crippen LogP contribution in [0, 0.1) is 0 Å². The highest BCUT2D eigenvalue weighted by atomic mass is 16.5. The van der Waals surface area contributed by atoms with Gasteiger partial charge in [-0.05, 0) is 56.7 Å². The number of nitrogens with two attached hydrogens (primary N) is 1. The molecule has 1 aliphatic heterocycles. The lowest BCUT2D eigenvalue weighted by atomic mass is 9.90. The van der Waals surface area contributed by atoms with Gasteiger partial charge in [0.05, 0.1) is 24.6 Å². The van der Waals surface area contributed by atoms with Crippen molar-refractivity contribution in [2.45, 2.75) is 69.5 Å². The molecule has 3 aromatic heterocycles. The molecule has 0 bridgehead atoms. The van der Waals surface area contributed by atoms with Crippen LogP contribution in [0.1, 0.15) is 63.5 Å². The number of rotatable bonds is 4. The highest BCUT2D eigenvalue weighted by molar-refractivity contribution is 6.00. The molecule has 0 atom stereocenters. The Hall–Kier alpha value is -2.97. The fraction of sp³-hybridized carbons (Fsp3) is 0.536. The van der Waals surface area contributed by atoms with E-state index in [2.05, 4.69) is 54.6 Å². The number of benzene rings is 1. The molecule has 4 heterocycles. The molecule has 0 unspecified atom stereocenters. The van der Waals surface area contributed by atoms with Gasteiger partial charge in [0.1, 0.15) is 17.8 Å². The van der Waals surface area contributed by atoms with Crippen molar-refractivity contribution in [2.75, 3.05) is 32.0 Å². The van der Waals surface area contributed by atoms with E-state index in [9.17, 15) is 0 Å². The minimum Gasteiger partial charge on any atom is -0.383 e. The number of anilines is 1. The molecule has 3 fully saturated rings. The second kappa shape index (κ2) is 9.16. The number of nitrogen functional groups attached to an aromatic ring is 1. The van der Waals surface area contributed by atoms with Crippen LogP contribution in [-0.2, 0) is 4.74 Å². The molecular weight excluding hydrogens is 450 g/mol. The predicted molar refractivity (Wildman–Crippen MR) is 142 cm³/mol. The van der Waals surface area contributed by atoms with Crippen molar-refractivity contribution in [3.05, 3.63) is 36.8 Å². The third-order valence-corrected chi connectivity index (χ3v) is 8.80. The Morgan fingerprint density at radius 1 is 0.861 bits per heavy atom. The first kappa shape index (κ1) is 22.2. The topological polar surface area (TPSA) is 87.0 Å². The molecule has 2 saturated carbocycles. The van der Waals surface area contributed by atoms with Gasteiger partial charge in [0.15, 0.2) is 5.65 Å². The normalized spacial score (nSPS) is 24.2. The van der Waals surface area contributed by atoms with Gasteiger partial charge < -0.3 is 15.0 Å². The molecule has 2 aliphatic carbocycles. The molecule has 1 saturated heterocycles. The van der Waals surface area contributed by atoms with E-state index < -0.39 is 0 Å². The molecule has 0 amide bonds. The van der Waals surface area contributed by atoms with Gasteiger partial charge in [-0.2, -0.15) is 5.10 Å². The fourth-order valence-electron chi connectivity index (χ4n) is 6.87.